The molecule has 1 aliphatic heterocycles. The van der Waals surface area contributed by atoms with Gasteiger partial charge in [0.15, 0.2) is 10.8 Å². The first-order chi connectivity index (χ1) is 14.0. The maximum atomic E-state index is 13.1. The smallest absolute Gasteiger partial charge is 0.363 e. The van der Waals surface area contributed by atoms with E-state index in [9.17, 15) is 14.0 Å². The van der Waals surface area contributed by atoms with Gasteiger partial charge in [0.25, 0.3) is 0 Å². The van der Waals surface area contributed by atoms with E-state index in [0.29, 0.717) is 22.1 Å². The zero-order chi connectivity index (χ0) is 20.4. The van der Waals surface area contributed by atoms with Gasteiger partial charge in [-0.2, -0.15) is 0 Å². The molecule has 2 aromatic carbocycles. The number of hydrogen-bond donors (Lipinski definition) is 0. The third-order valence-electron chi connectivity index (χ3n) is 4.03. The molecule has 2 heterocycles. The van der Waals surface area contributed by atoms with Gasteiger partial charge in [-0.1, -0.05) is 18.2 Å². The Balaban J connectivity index is 1.62. The summed E-state index contributed by atoms with van der Waals surface area (Å²) in [6.45, 7) is 1.46. The molecule has 0 spiro atoms. The number of aliphatic imine (C=N–C) groups is 1. The van der Waals surface area contributed by atoms with Gasteiger partial charge in [0.05, 0.1) is 11.4 Å². The van der Waals surface area contributed by atoms with Crippen LogP contribution in [0.15, 0.2) is 70.7 Å². The minimum Gasteiger partial charge on any atom is -0.402 e. The van der Waals surface area contributed by atoms with Crippen LogP contribution in [-0.2, 0) is 14.3 Å². The van der Waals surface area contributed by atoms with Crippen LogP contribution in [0.2, 0.25) is 0 Å². The lowest BCUT2D eigenvalue weighted by Crippen LogP contribution is -2.22. The number of esters is 1. The summed E-state index contributed by atoms with van der Waals surface area (Å²) in [4.78, 5) is 34.4. The van der Waals surface area contributed by atoms with Crippen molar-refractivity contribution in [3.8, 4) is 0 Å². The number of anilines is 2. The van der Waals surface area contributed by atoms with Crippen molar-refractivity contribution in [3.63, 3.8) is 0 Å². The molecular formula is C21H14FN3O3S. The Labute approximate surface area is 169 Å². The highest BCUT2D eigenvalue weighted by molar-refractivity contribution is 7.14. The average Bonchev–Trinajstić information content (AvgIpc) is 3.30. The minimum absolute atomic E-state index is 0.0789. The largest absolute Gasteiger partial charge is 0.402 e. The van der Waals surface area contributed by atoms with Crippen molar-refractivity contribution in [2.75, 3.05) is 4.90 Å². The van der Waals surface area contributed by atoms with Gasteiger partial charge in [0.1, 0.15) is 5.82 Å². The van der Waals surface area contributed by atoms with Crippen LogP contribution in [-0.4, -0.2) is 22.8 Å². The first kappa shape index (κ1) is 18.7. The van der Waals surface area contributed by atoms with E-state index in [2.05, 4.69) is 9.98 Å². The molecule has 0 bridgehead atoms. The molecular weight excluding hydrogens is 393 g/mol. The molecule has 4 rings (SSSR count). The number of cyclic esters (lactones) is 1. The maximum Gasteiger partial charge on any atom is 0.363 e. The minimum atomic E-state index is -0.620. The second kappa shape index (κ2) is 7.76. The Morgan fingerprint density at radius 3 is 2.55 bits per heavy atom. The van der Waals surface area contributed by atoms with Gasteiger partial charge in [-0.3, -0.25) is 9.69 Å². The van der Waals surface area contributed by atoms with Gasteiger partial charge in [0.2, 0.25) is 11.8 Å². The number of ether oxygens (including phenoxy) is 1. The summed E-state index contributed by atoms with van der Waals surface area (Å²) in [5, 5.41) is 2.20. The van der Waals surface area contributed by atoms with E-state index in [0.717, 1.165) is 0 Å². The van der Waals surface area contributed by atoms with E-state index in [4.69, 9.17) is 4.74 Å². The Kier molecular flexibility index (Phi) is 5.01. The van der Waals surface area contributed by atoms with E-state index < -0.39 is 11.8 Å². The second-order valence-corrected chi connectivity index (χ2v) is 6.92. The van der Waals surface area contributed by atoms with Crippen LogP contribution in [0.3, 0.4) is 0 Å². The molecule has 0 N–H and O–H groups in total. The number of aromatic nitrogens is 1. The third kappa shape index (κ3) is 3.97. The topological polar surface area (TPSA) is 71.9 Å². The molecule has 0 saturated carbocycles. The summed E-state index contributed by atoms with van der Waals surface area (Å²) in [5.41, 5.74) is 1.75. The number of nitrogens with zero attached hydrogens (tertiary/aromatic N) is 3. The molecule has 0 atom stereocenters. The number of carbonyl (C=O) groups excluding carboxylic acids is 2. The van der Waals surface area contributed by atoms with Crippen LogP contribution < -0.4 is 4.90 Å². The number of thiazole rings is 1. The number of hydrogen-bond acceptors (Lipinski definition) is 6. The fourth-order valence-electron chi connectivity index (χ4n) is 2.71. The summed E-state index contributed by atoms with van der Waals surface area (Å²) in [7, 11) is 0. The highest BCUT2D eigenvalue weighted by Gasteiger charge is 2.25. The summed E-state index contributed by atoms with van der Waals surface area (Å²) >= 11 is 1.27. The summed E-state index contributed by atoms with van der Waals surface area (Å²) in [5.74, 6) is -1.09. The van der Waals surface area contributed by atoms with Gasteiger partial charge in [0, 0.05) is 17.9 Å². The fraction of sp³-hybridized carbons (Fsp3) is 0.0476. The summed E-state index contributed by atoms with van der Waals surface area (Å²) in [6, 6.07) is 14.7. The van der Waals surface area contributed by atoms with Gasteiger partial charge in [-0.25, -0.2) is 19.2 Å². The molecule has 0 fully saturated rings. The maximum absolute atomic E-state index is 13.1. The van der Waals surface area contributed by atoms with Crippen LogP contribution in [0.4, 0.5) is 15.2 Å². The van der Waals surface area contributed by atoms with Crippen molar-refractivity contribution in [1.82, 2.24) is 4.98 Å². The molecule has 1 aromatic heterocycles. The SMILES string of the molecule is CC(=O)N(c1ccccc1)c1nc(/C=C2/N=C(c3ccc(F)cc3)OC2=O)cs1. The second-order valence-electron chi connectivity index (χ2n) is 6.09. The Bertz CT molecular complexity index is 1140. The van der Waals surface area contributed by atoms with Crippen molar-refractivity contribution in [2.45, 2.75) is 6.92 Å². The predicted octanol–water partition coefficient (Wildman–Crippen LogP) is 4.31. The highest BCUT2D eigenvalue weighted by atomic mass is 32.1. The van der Waals surface area contributed by atoms with Crippen LogP contribution in [0, 0.1) is 5.82 Å². The number of rotatable bonds is 4. The van der Waals surface area contributed by atoms with Crippen LogP contribution >= 0.6 is 11.3 Å². The van der Waals surface area contributed by atoms with Gasteiger partial charge in [-0.15, -0.1) is 11.3 Å². The summed E-state index contributed by atoms with van der Waals surface area (Å²) < 4.78 is 18.2. The number of carbonyl (C=O) groups is 2. The number of para-hydroxylation sites is 1. The normalized spacial score (nSPS) is 14.6. The molecule has 29 heavy (non-hydrogen) atoms. The quantitative estimate of drug-likeness (QED) is 0.477. The first-order valence-electron chi connectivity index (χ1n) is 8.61. The molecule has 0 aliphatic carbocycles. The molecule has 1 aliphatic rings. The Morgan fingerprint density at radius 2 is 1.86 bits per heavy atom. The molecule has 8 heteroatoms. The molecule has 6 nitrogen and oxygen atoms in total. The average molecular weight is 407 g/mol. The van der Waals surface area contributed by atoms with E-state index in [1.54, 1.807) is 5.38 Å². The van der Waals surface area contributed by atoms with Crippen molar-refractivity contribution in [2.24, 2.45) is 4.99 Å². The zero-order valence-corrected chi connectivity index (χ0v) is 16.0. The Hall–Kier alpha value is -3.65. The van der Waals surface area contributed by atoms with Gasteiger partial charge in [-0.05, 0) is 42.5 Å². The summed E-state index contributed by atoms with van der Waals surface area (Å²) in [6.07, 6.45) is 1.49. The standard InChI is InChI=1S/C21H14FN3O3S/c1-13(26)25(17-5-3-2-4-6-17)21-23-16(12-29-21)11-18-20(27)28-19(24-18)14-7-9-15(22)10-8-14/h2-12H,1H3/b18-11+. The van der Waals surface area contributed by atoms with Crippen molar-refractivity contribution >= 4 is 46.0 Å². The molecule has 0 saturated heterocycles. The highest BCUT2D eigenvalue weighted by Crippen LogP contribution is 2.30. The van der Waals surface area contributed by atoms with Crippen LogP contribution in [0.25, 0.3) is 6.08 Å². The molecule has 0 unspecified atom stereocenters. The van der Waals surface area contributed by atoms with Gasteiger partial charge < -0.3 is 4.74 Å². The number of benzene rings is 2. The zero-order valence-electron chi connectivity index (χ0n) is 15.2. The number of amides is 1. The van der Waals surface area contributed by atoms with Crippen LogP contribution in [0.1, 0.15) is 18.2 Å². The lowest BCUT2D eigenvalue weighted by molar-refractivity contribution is -0.130. The van der Waals surface area contributed by atoms with Crippen molar-refractivity contribution in [3.05, 3.63) is 82.7 Å². The van der Waals surface area contributed by atoms with E-state index in [1.807, 2.05) is 30.3 Å². The van der Waals surface area contributed by atoms with E-state index in [-0.39, 0.29) is 17.5 Å². The van der Waals surface area contributed by atoms with Crippen molar-refractivity contribution < 1.29 is 18.7 Å². The van der Waals surface area contributed by atoms with E-state index in [1.165, 1.54) is 53.5 Å². The molecule has 144 valence electrons. The molecule has 1 amide bonds. The van der Waals surface area contributed by atoms with E-state index >= 15 is 0 Å². The molecule has 3 aromatic rings. The lowest BCUT2D eigenvalue weighted by Gasteiger charge is -2.17. The first-order valence-corrected chi connectivity index (χ1v) is 9.49. The Morgan fingerprint density at radius 1 is 1.14 bits per heavy atom. The fourth-order valence-corrected chi connectivity index (χ4v) is 3.56. The number of halogens is 1. The monoisotopic (exact) mass is 407 g/mol. The predicted molar refractivity (Wildman–Crippen MR) is 108 cm³/mol. The van der Waals surface area contributed by atoms with Crippen molar-refractivity contribution in [1.29, 1.82) is 0 Å². The third-order valence-corrected chi connectivity index (χ3v) is 4.87. The van der Waals surface area contributed by atoms with Crippen LogP contribution in [0.5, 0.6) is 0 Å². The lowest BCUT2D eigenvalue weighted by atomic mass is 10.2. The van der Waals surface area contributed by atoms with Gasteiger partial charge >= 0.3 is 5.97 Å². The molecule has 0 radical (unpaired) electrons.